The number of Topliss-reactive ketones (excluding diaryl/α,β-unsaturated/α-hetero) is 2. The Hall–Kier alpha value is -6.11. The molecule has 2 aliphatic carbocycles. The minimum Gasteiger partial charge on any atom is -0.377 e. The molecular weight excluding hydrogens is 657 g/mol. The summed E-state index contributed by atoms with van der Waals surface area (Å²) in [5, 5.41) is 11.8. The van der Waals surface area contributed by atoms with E-state index in [2.05, 4.69) is 105 Å². The van der Waals surface area contributed by atoms with Gasteiger partial charge < -0.3 is 10.0 Å². The number of amides is 1. The topological polar surface area (TPSA) is 77.9 Å². The summed E-state index contributed by atoms with van der Waals surface area (Å²) in [4.78, 5) is 42.7. The van der Waals surface area contributed by atoms with Crippen molar-refractivity contribution in [3.8, 4) is 22.3 Å². The summed E-state index contributed by atoms with van der Waals surface area (Å²) in [6.45, 7) is 4.16. The Morgan fingerprint density at radius 1 is 0.604 bits per heavy atom. The first-order valence-electron chi connectivity index (χ1n) is 18.0. The molecule has 260 valence electrons. The Balaban J connectivity index is 1.14. The van der Waals surface area contributed by atoms with E-state index >= 15 is 0 Å². The van der Waals surface area contributed by atoms with Crippen LogP contribution in [0.5, 0.6) is 0 Å². The highest BCUT2D eigenvalue weighted by molar-refractivity contribution is 6.14. The van der Waals surface area contributed by atoms with Crippen molar-refractivity contribution >= 4 is 28.8 Å². The molecule has 6 nitrogen and oxygen atoms in total. The number of carbonyl (C=O) groups is 3. The number of hydrogen-bond donors (Lipinski definition) is 1. The average molecular weight is 695 g/mol. The van der Waals surface area contributed by atoms with E-state index in [0.717, 1.165) is 33.5 Å². The van der Waals surface area contributed by atoms with Crippen molar-refractivity contribution in [2.75, 3.05) is 23.9 Å². The molecule has 0 bridgehead atoms. The second-order valence-corrected chi connectivity index (χ2v) is 14.7. The van der Waals surface area contributed by atoms with Crippen LogP contribution in [0.15, 0.2) is 121 Å². The van der Waals surface area contributed by atoms with Gasteiger partial charge in [-0.2, -0.15) is 0 Å². The molecule has 0 saturated carbocycles. The van der Waals surface area contributed by atoms with E-state index in [1.807, 2.05) is 31.2 Å². The van der Waals surface area contributed by atoms with Crippen molar-refractivity contribution in [2.45, 2.75) is 38.3 Å². The predicted molar refractivity (Wildman–Crippen MR) is 209 cm³/mol. The first-order chi connectivity index (χ1) is 25.6. The van der Waals surface area contributed by atoms with Gasteiger partial charge in [0.25, 0.3) is 5.91 Å². The third kappa shape index (κ3) is 4.72. The molecule has 1 aliphatic heterocycles. The van der Waals surface area contributed by atoms with E-state index < -0.39 is 11.6 Å². The fraction of sp³-hybridized carbons (Fsp3) is 0.170. The molecule has 1 amide bonds. The number of aliphatic hydroxyl groups excluding tert-OH is 1. The van der Waals surface area contributed by atoms with Gasteiger partial charge >= 0.3 is 0 Å². The van der Waals surface area contributed by atoms with Crippen LogP contribution in [0.4, 0.5) is 11.4 Å². The maximum atomic E-state index is 14.0. The van der Waals surface area contributed by atoms with Gasteiger partial charge in [0.1, 0.15) is 0 Å². The van der Waals surface area contributed by atoms with Gasteiger partial charge in [-0.1, -0.05) is 91.0 Å². The third-order valence-corrected chi connectivity index (χ3v) is 11.5. The fourth-order valence-electron chi connectivity index (χ4n) is 9.04. The highest BCUT2D eigenvalue weighted by Crippen LogP contribution is 2.57. The van der Waals surface area contributed by atoms with Crippen LogP contribution in [0, 0.1) is 13.8 Å². The first kappa shape index (κ1) is 32.8. The van der Waals surface area contributed by atoms with E-state index in [0.29, 0.717) is 27.9 Å². The van der Waals surface area contributed by atoms with E-state index in [1.54, 1.807) is 18.2 Å². The lowest BCUT2D eigenvalue weighted by atomic mass is 9.67. The molecule has 0 saturated heterocycles. The molecule has 1 N–H and O–H groups in total. The standard InChI is InChI=1S/C47H38N2O4/c1-27-23-31(15-19-41(27)48(3)4)47(39-11-7-5-9-33(39)34-10-6-8-12-40(34)47)32-16-20-42(28(2)24-32)49-45(52)36-18-14-30(26-38(36)46(49)53)29-13-17-35-37(25-29)44(51)22-21-43(35)50/h5-20,23-26,46,53H,21-22H2,1-4H3. The number of anilines is 2. The second kappa shape index (κ2) is 12.0. The molecule has 9 rings (SSSR count). The normalized spacial score (nSPS) is 16.7. The fourth-order valence-corrected chi connectivity index (χ4v) is 9.04. The largest absolute Gasteiger partial charge is 0.377 e. The SMILES string of the molecule is Cc1cc(C2(c3ccc(N4C(=O)c5ccc(-c6ccc7c(c6)C(=O)CCC7=O)cc5C4O)c(C)c3)c3ccccc3-c3ccccc32)ccc1N(C)C. The Morgan fingerprint density at radius 3 is 1.79 bits per heavy atom. The van der Waals surface area contributed by atoms with E-state index in [-0.39, 0.29) is 30.3 Å². The Morgan fingerprint density at radius 2 is 1.17 bits per heavy atom. The molecule has 1 unspecified atom stereocenters. The van der Waals surface area contributed by atoms with Crippen molar-refractivity contribution in [1.82, 2.24) is 0 Å². The minimum absolute atomic E-state index is 0.0252. The van der Waals surface area contributed by atoms with Crippen LogP contribution in [-0.4, -0.2) is 36.7 Å². The second-order valence-electron chi connectivity index (χ2n) is 14.7. The molecule has 1 heterocycles. The zero-order valence-electron chi connectivity index (χ0n) is 30.1. The molecule has 6 aromatic carbocycles. The summed E-state index contributed by atoms with van der Waals surface area (Å²) >= 11 is 0. The molecule has 6 aromatic rings. The molecule has 53 heavy (non-hydrogen) atoms. The summed E-state index contributed by atoms with van der Waals surface area (Å²) in [5.41, 5.74) is 13.6. The van der Waals surface area contributed by atoms with E-state index in [4.69, 9.17) is 0 Å². The van der Waals surface area contributed by atoms with Gasteiger partial charge in [-0.15, -0.1) is 0 Å². The number of fused-ring (bicyclic) bond motifs is 5. The van der Waals surface area contributed by atoms with Gasteiger partial charge in [0, 0.05) is 60.6 Å². The molecular formula is C47H38N2O4. The van der Waals surface area contributed by atoms with E-state index in [9.17, 15) is 19.5 Å². The summed E-state index contributed by atoms with van der Waals surface area (Å²) < 4.78 is 0. The third-order valence-electron chi connectivity index (χ3n) is 11.5. The van der Waals surface area contributed by atoms with Crippen molar-refractivity contribution in [3.05, 3.63) is 177 Å². The highest BCUT2D eigenvalue weighted by atomic mass is 16.3. The van der Waals surface area contributed by atoms with Gasteiger partial charge in [0.15, 0.2) is 17.8 Å². The monoisotopic (exact) mass is 694 g/mol. The lowest BCUT2D eigenvalue weighted by Crippen LogP contribution is -2.31. The summed E-state index contributed by atoms with van der Waals surface area (Å²) in [7, 11) is 4.12. The molecule has 1 atom stereocenters. The van der Waals surface area contributed by atoms with Crippen molar-refractivity contribution in [1.29, 1.82) is 0 Å². The number of carbonyl (C=O) groups excluding carboxylic acids is 3. The van der Waals surface area contributed by atoms with Crippen LogP contribution in [0.3, 0.4) is 0 Å². The lowest BCUT2D eigenvalue weighted by Gasteiger charge is -2.35. The minimum atomic E-state index is -1.20. The Bertz CT molecular complexity index is 2520. The average Bonchev–Trinajstić information content (AvgIpc) is 3.60. The summed E-state index contributed by atoms with van der Waals surface area (Å²) in [5.74, 6) is -0.347. The first-order valence-corrected chi connectivity index (χ1v) is 18.0. The number of rotatable bonds is 5. The quantitative estimate of drug-likeness (QED) is 0.194. The summed E-state index contributed by atoms with van der Waals surface area (Å²) in [6, 6.07) is 40.9. The van der Waals surface area contributed by atoms with Crippen molar-refractivity contribution in [2.24, 2.45) is 0 Å². The van der Waals surface area contributed by atoms with E-state index in [1.165, 1.54) is 32.7 Å². The van der Waals surface area contributed by atoms with Crippen LogP contribution >= 0.6 is 0 Å². The highest BCUT2D eigenvalue weighted by Gasteiger charge is 2.47. The van der Waals surface area contributed by atoms with Crippen molar-refractivity contribution < 1.29 is 19.5 Å². The predicted octanol–water partition coefficient (Wildman–Crippen LogP) is 9.21. The van der Waals surface area contributed by atoms with Gasteiger partial charge in [0.05, 0.1) is 5.41 Å². The Labute approximate surface area is 309 Å². The number of benzene rings is 6. The number of aryl methyl sites for hydroxylation is 2. The molecule has 6 heteroatoms. The van der Waals surface area contributed by atoms with Crippen LogP contribution < -0.4 is 9.80 Å². The zero-order valence-corrected chi connectivity index (χ0v) is 30.1. The zero-order chi connectivity index (χ0) is 36.8. The lowest BCUT2D eigenvalue weighted by molar-refractivity contribution is 0.0890. The van der Waals surface area contributed by atoms with Gasteiger partial charge in [-0.3, -0.25) is 19.3 Å². The maximum absolute atomic E-state index is 14.0. The number of aliphatic hydroxyl groups is 1. The molecule has 0 fully saturated rings. The van der Waals surface area contributed by atoms with Crippen LogP contribution in [-0.2, 0) is 5.41 Å². The van der Waals surface area contributed by atoms with Gasteiger partial charge in [-0.05, 0) is 99.8 Å². The molecule has 0 spiro atoms. The van der Waals surface area contributed by atoms with Crippen molar-refractivity contribution in [3.63, 3.8) is 0 Å². The maximum Gasteiger partial charge on any atom is 0.261 e. The van der Waals surface area contributed by atoms with Gasteiger partial charge in [0.2, 0.25) is 0 Å². The molecule has 3 aliphatic rings. The Kier molecular flexibility index (Phi) is 7.40. The molecule has 0 radical (unpaired) electrons. The smallest absolute Gasteiger partial charge is 0.261 e. The summed E-state index contributed by atoms with van der Waals surface area (Å²) in [6.07, 6.45) is -0.756. The van der Waals surface area contributed by atoms with Gasteiger partial charge in [-0.25, -0.2) is 0 Å². The van der Waals surface area contributed by atoms with Crippen LogP contribution in [0.1, 0.15) is 89.1 Å². The number of nitrogens with zero attached hydrogens (tertiary/aromatic N) is 2. The number of ketones is 2. The number of hydrogen-bond acceptors (Lipinski definition) is 5. The molecule has 0 aromatic heterocycles. The van der Waals surface area contributed by atoms with Crippen LogP contribution in [0.25, 0.3) is 22.3 Å². The van der Waals surface area contributed by atoms with Crippen LogP contribution in [0.2, 0.25) is 0 Å².